The molecule has 0 radical (unpaired) electrons. The van der Waals surface area contributed by atoms with Gasteiger partial charge in [-0.3, -0.25) is 0 Å². The van der Waals surface area contributed by atoms with Crippen LogP contribution in [-0.2, 0) is 14.3 Å². The molecule has 1 aliphatic carbocycles. The van der Waals surface area contributed by atoms with Gasteiger partial charge in [0, 0.05) is 6.08 Å². The molecule has 0 amide bonds. The van der Waals surface area contributed by atoms with Crippen LogP contribution in [0.15, 0.2) is 12.2 Å². The lowest BCUT2D eigenvalue weighted by atomic mass is 9.75. The highest BCUT2D eigenvalue weighted by Gasteiger charge is 2.34. The van der Waals surface area contributed by atoms with Crippen molar-refractivity contribution in [2.24, 2.45) is 17.8 Å². The van der Waals surface area contributed by atoms with Gasteiger partial charge < -0.3 is 9.47 Å². The van der Waals surface area contributed by atoms with E-state index in [2.05, 4.69) is 20.8 Å². The molecule has 0 unspecified atom stereocenters. The lowest BCUT2D eigenvalue weighted by molar-refractivity contribution is -0.178. The van der Waals surface area contributed by atoms with Crippen molar-refractivity contribution in [1.29, 1.82) is 0 Å². The summed E-state index contributed by atoms with van der Waals surface area (Å²) in [7, 11) is 0. The third-order valence-corrected chi connectivity index (χ3v) is 3.89. The molecule has 0 N–H and O–H groups in total. The standard InChI is InChI=1S/C14H22O3/c1-9(2)11-5-4-10(3)8-12(11)16-14-7-6-13(15)17-14/h6-7,9-12,14H,4-5,8H2,1-3H3/t10-,11+,12-,14+/m1/s1. The molecule has 1 fully saturated rings. The first-order valence-electron chi connectivity index (χ1n) is 6.60. The summed E-state index contributed by atoms with van der Waals surface area (Å²) in [4.78, 5) is 11.0. The summed E-state index contributed by atoms with van der Waals surface area (Å²) < 4.78 is 11.0. The lowest BCUT2D eigenvalue weighted by Crippen LogP contribution is -2.36. The smallest absolute Gasteiger partial charge is 0.333 e. The Labute approximate surface area is 103 Å². The van der Waals surface area contributed by atoms with Crippen LogP contribution in [0, 0.1) is 17.8 Å². The summed E-state index contributed by atoms with van der Waals surface area (Å²) in [6, 6.07) is 0. The van der Waals surface area contributed by atoms with Gasteiger partial charge in [0.1, 0.15) is 0 Å². The topological polar surface area (TPSA) is 35.5 Å². The zero-order valence-electron chi connectivity index (χ0n) is 10.9. The van der Waals surface area contributed by atoms with E-state index in [0.717, 1.165) is 6.42 Å². The van der Waals surface area contributed by atoms with Gasteiger partial charge in [-0.1, -0.05) is 27.2 Å². The van der Waals surface area contributed by atoms with Crippen molar-refractivity contribution in [3.05, 3.63) is 12.2 Å². The summed E-state index contributed by atoms with van der Waals surface area (Å²) >= 11 is 0. The summed E-state index contributed by atoms with van der Waals surface area (Å²) in [6.07, 6.45) is 6.49. The molecule has 4 atom stereocenters. The molecule has 0 aromatic rings. The van der Waals surface area contributed by atoms with Gasteiger partial charge in [0.25, 0.3) is 0 Å². The highest BCUT2D eigenvalue weighted by atomic mass is 16.7. The number of carbonyl (C=O) groups excluding carboxylic acids is 1. The van der Waals surface area contributed by atoms with Crippen LogP contribution in [0.1, 0.15) is 40.0 Å². The molecule has 0 spiro atoms. The Morgan fingerprint density at radius 3 is 2.76 bits per heavy atom. The Balaban J connectivity index is 1.95. The number of carbonyl (C=O) groups is 1. The Hall–Kier alpha value is -0.830. The summed E-state index contributed by atoms with van der Waals surface area (Å²) in [5, 5.41) is 0. The number of hydrogen-bond acceptors (Lipinski definition) is 3. The van der Waals surface area contributed by atoms with E-state index in [-0.39, 0.29) is 12.1 Å². The van der Waals surface area contributed by atoms with Gasteiger partial charge >= 0.3 is 5.97 Å². The molecule has 1 aliphatic heterocycles. The summed E-state index contributed by atoms with van der Waals surface area (Å²) in [5.74, 6) is 1.61. The highest BCUT2D eigenvalue weighted by molar-refractivity contribution is 5.84. The second-order valence-electron chi connectivity index (χ2n) is 5.67. The van der Waals surface area contributed by atoms with E-state index in [1.54, 1.807) is 6.08 Å². The van der Waals surface area contributed by atoms with Crippen LogP contribution in [0.2, 0.25) is 0 Å². The number of esters is 1. The van der Waals surface area contributed by atoms with Crippen molar-refractivity contribution in [3.8, 4) is 0 Å². The minimum absolute atomic E-state index is 0.222. The Morgan fingerprint density at radius 2 is 2.18 bits per heavy atom. The van der Waals surface area contributed by atoms with Gasteiger partial charge in [0.15, 0.2) is 0 Å². The molecule has 17 heavy (non-hydrogen) atoms. The van der Waals surface area contributed by atoms with Crippen LogP contribution < -0.4 is 0 Å². The Kier molecular flexibility index (Phi) is 3.87. The molecule has 0 aromatic heterocycles. The van der Waals surface area contributed by atoms with E-state index in [9.17, 15) is 4.79 Å². The molecule has 3 nitrogen and oxygen atoms in total. The van der Waals surface area contributed by atoms with Gasteiger partial charge in [-0.05, 0) is 36.7 Å². The number of rotatable bonds is 3. The fraction of sp³-hybridized carbons (Fsp3) is 0.786. The predicted molar refractivity (Wildman–Crippen MR) is 65.2 cm³/mol. The van der Waals surface area contributed by atoms with E-state index >= 15 is 0 Å². The lowest BCUT2D eigenvalue weighted by Gasteiger charge is -2.37. The predicted octanol–water partition coefficient (Wildman–Crippen LogP) is 2.90. The fourth-order valence-corrected chi connectivity index (χ4v) is 2.87. The largest absolute Gasteiger partial charge is 0.429 e. The Morgan fingerprint density at radius 1 is 1.41 bits per heavy atom. The van der Waals surface area contributed by atoms with E-state index in [0.29, 0.717) is 17.8 Å². The normalized spacial score (nSPS) is 37.5. The fourth-order valence-electron chi connectivity index (χ4n) is 2.87. The van der Waals surface area contributed by atoms with Gasteiger partial charge in [0.05, 0.1) is 6.10 Å². The minimum Gasteiger partial charge on any atom is -0.429 e. The Bertz CT molecular complexity index is 309. The van der Waals surface area contributed by atoms with Crippen LogP contribution in [0.25, 0.3) is 0 Å². The minimum atomic E-state index is -0.459. The first-order valence-corrected chi connectivity index (χ1v) is 6.60. The SMILES string of the molecule is CC(C)[C@@H]1CC[C@@H](C)C[C@H]1O[C@@H]1C=CC(=O)O1. The van der Waals surface area contributed by atoms with Crippen molar-refractivity contribution < 1.29 is 14.3 Å². The van der Waals surface area contributed by atoms with Crippen molar-refractivity contribution in [2.45, 2.75) is 52.4 Å². The molecule has 2 rings (SSSR count). The first kappa shape index (κ1) is 12.6. The summed E-state index contributed by atoms with van der Waals surface area (Å²) in [5.41, 5.74) is 0. The average Bonchev–Trinajstić information content (AvgIpc) is 2.63. The van der Waals surface area contributed by atoms with Crippen LogP contribution in [-0.4, -0.2) is 18.4 Å². The quantitative estimate of drug-likeness (QED) is 0.709. The first-order chi connectivity index (χ1) is 8.06. The third-order valence-electron chi connectivity index (χ3n) is 3.89. The third kappa shape index (κ3) is 3.09. The monoisotopic (exact) mass is 238 g/mol. The van der Waals surface area contributed by atoms with Crippen LogP contribution >= 0.6 is 0 Å². The molecule has 3 heteroatoms. The van der Waals surface area contributed by atoms with Gasteiger partial charge in [-0.2, -0.15) is 0 Å². The number of cyclic esters (lactones) is 1. The molecule has 1 heterocycles. The molecular weight excluding hydrogens is 216 g/mol. The van der Waals surface area contributed by atoms with Gasteiger partial charge in [-0.15, -0.1) is 0 Å². The molecule has 96 valence electrons. The van der Waals surface area contributed by atoms with E-state index in [1.807, 2.05) is 0 Å². The maximum atomic E-state index is 11.0. The maximum Gasteiger partial charge on any atom is 0.333 e. The van der Waals surface area contributed by atoms with Gasteiger partial charge in [0.2, 0.25) is 6.29 Å². The maximum absolute atomic E-state index is 11.0. The van der Waals surface area contributed by atoms with Crippen LogP contribution in [0.4, 0.5) is 0 Å². The van der Waals surface area contributed by atoms with Gasteiger partial charge in [-0.25, -0.2) is 4.79 Å². The number of ether oxygens (including phenoxy) is 2. The van der Waals surface area contributed by atoms with Crippen molar-refractivity contribution >= 4 is 5.97 Å². The molecule has 0 aromatic carbocycles. The van der Waals surface area contributed by atoms with Crippen LogP contribution in [0.3, 0.4) is 0 Å². The second kappa shape index (κ2) is 5.21. The van der Waals surface area contributed by atoms with E-state index in [4.69, 9.17) is 9.47 Å². The van der Waals surface area contributed by atoms with Crippen molar-refractivity contribution in [1.82, 2.24) is 0 Å². The molecule has 0 saturated heterocycles. The molecular formula is C14H22O3. The average molecular weight is 238 g/mol. The highest BCUT2D eigenvalue weighted by Crippen LogP contribution is 2.36. The van der Waals surface area contributed by atoms with Crippen molar-refractivity contribution in [3.63, 3.8) is 0 Å². The zero-order chi connectivity index (χ0) is 12.4. The molecule has 2 aliphatic rings. The second-order valence-corrected chi connectivity index (χ2v) is 5.67. The van der Waals surface area contributed by atoms with E-state index in [1.165, 1.54) is 18.9 Å². The number of hydrogen-bond donors (Lipinski definition) is 0. The summed E-state index contributed by atoms with van der Waals surface area (Å²) in [6.45, 7) is 6.75. The molecule has 0 bridgehead atoms. The molecule has 1 saturated carbocycles. The van der Waals surface area contributed by atoms with E-state index < -0.39 is 6.29 Å². The van der Waals surface area contributed by atoms with Crippen LogP contribution in [0.5, 0.6) is 0 Å². The van der Waals surface area contributed by atoms with Crippen molar-refractivity contribution in [2.75, 3.05) is 0 Å². The zero-order valence-corrected chi connectivity index (χ0v) is 10.9.